The van der Waals surface area contributed by atoms with Crippen LogP contribution in [0.4, 0.5) is 0 Å². The summed E-state index contributed by atoms with van der Waals surface area (Å²) in [6, 6.07) is 6.43. The maximum absolute atomic E-state index is 9.77. The molecule has 1 saturated carbocycles. The van der Waals surface area contributed by atoms with Crippen LogP contribution >= 0.6 is 0 Å². The minimum Gasteiger partial charge on any atom is -0.508 e. The molecule has 2 nitrogen and oxygen atoms in total. The summed E-state index contributed by atoms with van der Waals surface area (Å²) in [5.74, 6) is 1.30. The van der Waals surface area contributed by atoms with Crippen LogP contribution in [0.1, 0.15) is 43.7 Å². The van der Waals surface area contributed by atoms with E-state index < -0.39 is 0 Å². The summed E-state index contributed by atoms with van der Waals surface area (Å²) in [6.45, 7) is 5.18. The fourth-order valence-electron chi connectivity index (χ4n) is 2.57. The molecule has 2 heteroatoms. The van der Waals surface area contributed by atoms with E-state index in [1.54, 1.807) is 6.07 Å². The van der Waals surface area contributed by atoms with Crippen molar-refractivity contribution in [2.75, 3.05) is 0 Å². The minimum absolute atomic E-state index is 0.410. The van der Waals surface area contributed by atoms with Crippen LogP contribution in [0, 0.1) is 12.8 Å². The molecule has 0 atom stereocenters. The normalized spacial score (nSPS) is 24.8. The molecule has 94 valence electrons. The molecule has 0 aromatic heterocycles. The minimum atomic E-state index is 0.410. The Hall–Kier alpha value is -1.02. The monoisotopic (exact) mass is 233 g/mol. The molecule has 0 saturated heterocycles. The Bertz CT molecular complexity index is 367. The van der Waals surface area contributed by atoms with Gasteiger partial charge in [-0.15, -0.1) is 0 Å². The molecule has 1 aromatic carbocycles. The van der Waals surface area contributed by atoms with Crippen molar-refractivity contribution < 1.29 is 5.11 Å². The van der Waals surface area contributed by atoms with Crippen LogP contribution in [-0.2, 0) is 6.54 Å². The van der Waals surface area contributed by atoms with Crippen molar-refractivity contribution in [3.8, 4) is 5.75 Å². The Kier molecular flexibility index (Phi) is 4.06. The van der Waals surface area contributed by atoms with Crippen molar-refractivity contribution in [1.82, 2.24) is 5.32 Å². The zero-order valence-corrected chi connectivity index (χ0v) is 10.9. The third kappa shape index (κ3) is 3.47. The van der Waals surface area contributed by atoms with Crippen molar-refractivity contribution >= 4 is 0 Å². The number of rotatable bonds is 3. The number of phenolic OH excluding ortho intramolecular Hbond substituents is 1. The van der Waals surface area contributed by atoms with E-state index in [9.17, 15) is 5.11 Å². The lowest BCUT2D eigenvalue weighted by molar-refractivity contribution is 0.305. The number of hydrogen-bond acceptors (Lipinski definition) is 2. The predicted molar refractivity (Wildman–Crippen MR) is 71.1 cm³/mol. The van der Waals surface area contributed by atoms with Gasteiger partial charge in [-0.1, -0.05) is 24.6 Å². The molecule has 1 aliphatic carbocycles. The molecule has 1 fully saturated rings. The summed E-state index contributed by atoms with van der Waals surface area (Å²) in [7, 11) is 0. The second-order valence-electron chi connectivity index (χ2n) is 5.47. The molecule has 0 unspecified atom stereocenters. The van der Waals surface area contributed by atoms with Crippen LogP contribution < -0.4 is 5.32 Å². The fraction of sp³-hybridized carbons (Fsp3) is 0.600. The van der Waals surface area contributed by atoms with Crippen LogP contribution in [0.25, 0.3) is 0 Å². The second-order valence-corrected chi connectivity index (χ2v) is 5.47. The van der Waals surface area contributed by atoms with Crippen LogP contribution in [0.3, 0.4) is 0 Å². The zero-order chi connectivity index (χ0) is 12.3. The summed E-state index contributed by atoms with van der Waals surface area (Å²) < 4.78 is 0. The topological polar surface area (TPSA) is 32.3 Å². The molecule has 0 heterocycles. The highest BCUT2D eigenvalue weighted by Gasteiger charge is 2.17. The van der Waals surface area contributed by atoms with Gasteiger partial charge in [0, 0.05) is 18.2 Å². The van der Waals surface area contributed by atoms with Crippen LogP contribution in [-0.4, -0.2) is 11.1 Å². The third-order valence-corrected chi connectivity index (χ3v) is 3.83. The summed E-state index contributed by atoms with van der Waals surface area (Å²) >= 11 is 0. The van der Waals surface area contributed by atoms with Gasteiger partial charge in [0.2, 0.25) is 0 Å². The number of benzene rings is 1. The maximum Gasteiger partial charge on any atom is 0.120 e. The van der Waals surface area contributed by atoms with Gasteiger partial charge in [-0.2, -0.15) is 0 Å². The Morgan fingerprint density at radius 2 is 1.94 bits per heavy atom. The first-order valence-corrected chi connectivity index (χ1v) is 6.67. The highest BCUT2D eigenvalue weighted by molar-refractivity contribution is 5.35. The van der Waals surface area contributed by atoms with Crippen LogP contribution in [0.2, 0.25) is 0 Å². The van der Waals surface area contributed by atoms with Gasteiger partial charge < -0.3 is 10.4 Å². The molecule has 0 amide bonds. The molecular formula is C15H23NO. The quantitative estimate of drug-likeness (QED) is 0.839. The van der Waals surface area contributed by atoms with E-state index in [2.05, 4.69) is 25.2 Å². The van der Waals surface area contributed by atoms with E-state index in [0.717, 1.165) is 18.0 Å². The Labute approximate surface area is 104 Å². The summed E-state index contributed by atoms with van der Waals surface area (Å²) in [4.78, 5) is 0. The van der Waals surface area contributed by atoms with E-state index in [-0.39, 0.29) is 0 Å². The number of phenols is 1. The van der Waals surface area contributed by atoms with E-state index >= 15 is 0 Å². The van der Waals surface area contributed by atoms with E-state index in [1.165, 1.54) is 31.2 Å². The third-order valence-electron chi connectivity index (χ3n) is 3.83. The van der Waals surface area contributed by atoms with Crippen molar-refractivity contribution in [2.45, 2.75) is 52.1 Å². The smallest absolute Gasteiger partial charge is 0.120 e. The molecule has 2 N–H and O–H groups in total. The first-order valence-electron chi connectivity index (χ1n) is 6.67. The van der Waals surface area contributed by atoms with Crippen molar-refractivity contribution in [3.05, 3.63) is 29.3 Å². The Morgan fingerprint density at radius 1 is 1.24 bits per heavy atom. The Morgan fingerprint density at radius 3 is 2.65 bits per heavy atom. The van der Waals surface area contributed by atoms with Gasteiger partial charge in [0.25, 0.3) is 0 Å². The number of aromatic hydroxyl groups is 1. The van der Waals surface area contributed by atoms with E-state index in [1.807, 2.05) is 6.07 Å². The summed E-state index contributed by atoms with van der Waals surface area (Å²) in [6.07, 6.45) is 5.20. The number of nitrogens with one attached hydrogen (secondary N) is 1. The van der Waals surface area contributed by atoms with Gasteiger partial charge in [0.15, 0.2) is 0 Å². The van der Waals surface area contributed by atoms with Crippen LogP contribution in [0.5, 0.6) is 5.75 Å². The summed E-state index contributed by atoms with van der Waals surface area (Å²) in [5.41, 5.74) is 2.22. The largest absolute Gasteiger partial charge is 0.508 e. The predicted octanol–water partition coefficient (Wildman–Crippen LogP) is 3.37. The van der Waals surface area contributed by atoms with Gasteiger partial charge in [-0.05, 0) is 44.6 Å². The highest BCUT2D eigenvalue weighted by Crippen LogP contribution is 2.24. The average molecular weight is 233 g/mol. The SMILES string of the molecule is Cc1ccc(O)c(CNC2CCC(C)CC2)c1. The van der Waals surface area contributed by atoms with E-state index in [4.69, 9.17) is 0 Å². The standard InChI is InChI=1S/C15H23NO/c1-11-3-6-14(7-4-11)16-10-13-9-12(2)5-8-15(13)17/h5,8-9,11,14,16-17H,3-4,6-7,10H2,1-2H3. The molecule has 0 radical (unpaired) electrons. The Balaban J connectivity index is 1.87. The molecule has 1 aromatic rings. The molecule has 2 rings (SSSR count). The summed E-state index contributed by atoms with van der Waals surface area (Å²) in [5, 5.41) is 13.3. The van der Waals surface area contributed by atoms with Gasteiger partial charge in [0.05, 0.1) is 0 Å². The van der Waals surface area contributed by atoms with Gasteiger partial charge in [0.1, 0.15) is 5.75 Å². The average Bonchev–Trinajstić information content (AvgIpc) is 2.32. The molecule has 0 aliphatic heterocycles. The first kappa shape index (κ1) is 12.4. The highest BCUT2D eigenvalue weighted by atomic mass is 16.3. The van der Waals surface area contributed by atoms with Crippen molar-refractivity contribution in [2.24, 2.45) is 5.92 Å². The molecular weight excluding hydrogens is 210 g/mol. The fourth-order valence-corrected chi connectivity index (χ4v) is 2.57. The first-order chi connectivity index (χ1) is 8.15. The lowest BCUT2D eigenvalue weighted by Gasteiger charge is -2.27. The van der Waals surface area contributed by atoms with Crippen molar-refractivity contribution in [3.63, 3.8) is 0 Å². The number of hydrogen-bond donors (Lipinski definition) is 2. The lowest BCUT2D eigenvalue weighted by Crippen LogP contribution is -2.32. The van der Waals surface area contributed by atoms with Crippen LogP contribution in [0.15, 0.2) is 18.2 Å². The zero-order valence-electron chi connectivity index (χ0n) is 10.9. The lowest BCUT2D eigenvalue weighted by atomic mass is 9.87. The van der Waals surface area contributed by atoms with Crippen molar-refractivity contribution in [1.29, 1.82) is 0 Å². The molecule has 1 aliphatic rings. The second kappa shape index (κ2) is 5.54. The van der Waals surface area contributed by atoms with Gasteiger partial charge in [-0.3, -0.25) is 0 Å². The van der Waals surface area contributed by atoms with Gasteiger partial charge in [-0.25, -0.2) is 0 Å². The number of aryl methyl sites for hydroxylation is 1. The molecule has 17 heavy (non-hydrogen) atoms. The van der Waals surface area contributed by atoms with E-state index in [0.29, 0.717) is 11.8 Å². The maximum atomic E-state index is 9.77. The molecule has 0 spiro atoms. The molecule has 0 bridgehead atoms. The van der Waals surface area contributed by atoms with Gasteiger partial charge >= 0.3 is 0 Å².